The first-order valence-electron chi connectivity index (χ1n) is 9.68. The second-order valence-corrected chi connectivity index (χ2v) is 8.03. The first-order valence-corrected chi connectivity index (χ1v) is 10.5. The van der Waals surface area contributed by atoms with Gasteiger partial charge >= 0.3 is 0 Å². The third kappa shape index (κ3) is 3.70. The molecule has 0 aliphatic carbocycles. The van der Waals surface area contributed by atoms with Crippen LogP contribution in [-0.4, -0.2) is 62.0 Å². The predicted octanol–water partition coefficient (Wildman–Crippen LogP) is 3.48. The highest BCUT2D eigenvalue weighted by Gasteiger charge is 2.25. The van der Waals surface area contributed by atoms with E-state index in [2.05, 4.69) is 4.90 Å². The van der Waals surface area contributed by atoms with E-state index in [1.54, 1.807) is 49.8 Å². The molecular formula is C22H23N3O4S. The van der Waals surface area contributed by atoms with Crippen molar-refractivity contribution in [2.24, 2.45) is 0 Å². The zero-order valence-corrected chi connectivity index (χ0v) is 18.0. The van der Waals surface area contributed by atoms with Gasteiger partial charge in [0.2, 0.25) is 0 Å². The Kier molecular flexibility index (Phi) is 5.59. The first-order chi connectivity index (χ1) is 14.5. The largest absolute Gasteiger partial charge is 0.495 e. The number of hydrogen-bond acceptors (Lipinski definition) is 7. The number of carbonyl (C=O) groups excluding carboxylic acids is 2. The van der Waals surface area contributed by atoms with Gasteiger partial charge < -0.3 is 19.3 Å². The van der Waals surface area contributed by atoms with Crippen LogP contribution in [0.25, 0.3) is 10.2 Å². The van der Waals surface area contributed by atoms with Gasteiger partial charge in [0.1, 0.15) is 21.7 Å². The first kappa shape index (κ1) is 20.2. The molecule has 1 aliphatic rings. The lowest BCUT2D eigenvalue weighted by atomic mass is 10.1. The van der Waals surface area contributed by atoms with Crippen molar-refractivity contribution >= 4 is 38.4 Å². The van der Waals surface area contributed by atoms with E-state index >= 15 is 0 Å². The summed E-state index contributed by atoms with van der Waals surface area (Å²) in [5.41, 5.74) is 2.00. The van der Waals surface area contributed by atoms with E-state index in [4.69, 9.17) is 14.5 Å². The summed E-state index contributed by atoms with van der Waals surface area (Å²) in [6, 6.07) is 10.6. The average Bonchev–Trinajstić information content (AvgIpc) is 3.23. The van der Waals surface area contributed by atoms with Crippen molar-refractivity contribution in [1.29, 1.82) is 0 Å². The highest BCUT2D eigenvalue weighted by Crippen LogP contribution is 2.40. The van der Waals surface area contributed by atoms with E-state index in [0.29, 0.717) is 37.3 Å². The summed E-state index contributed by atoms with van der Waals surface area (Å²) in [5, 5.41) is 0.894. The number of thiazole rings is 1. The van der Waals surface area contributed by atoms with Crippen molar-refractivity contribution in [3.8, 4) is 11.5 Å². The number of piperazine rings is 1. The quantitative estimate of drug-likeness (QED) is 0.583. The summed E-state index contributed by atoms with van der Waals surface area (Å²) >= 11 is 1.57. The molecule has 8 heteroatoms. The fourth-order valence-electron chi connectivity index (χ4n) is 3.54. The maximum Gasteiger partial charge on any atom is 0.253 e. The lowest BCUT2D eigenvalue weighted by Gasteiger charge is -2.34. The number of hydrogen-bond donors (Lipinski definition) is 0. The minimum absolute atomic E-state index is 0.00768. The predicted molar refractivity (Wildman–Crippen MR) is 117 cm³/mol. The standard InChI is InChI=1S/C22H23N3O4S/c1-14(26)15-4-6-16(7-5-15)21(27)24-10-12-25(13-11-24)22-23-19-17(28-2)8-9-18(29-3)20(19)30-22/h4-9H,10-13H2,1-3H3. The van der Waals surface area contributed by atoms with Gasteiger partial charge in [-0.2, -0.15) is 0 Å². The Morgan fingerprint density at radius 3 is 2.10 bits per heavy atom. The summed E-state index contributed by atoms with van der Waals surface area (Å²) < 4.78 is 11.9. The van der Waals surface area contributed by atoms with Crippen LogP contribution in [0.1, 0.15) is 27.6 Å². The van der Waals surface area contributed by atoms with Crippen LogP contribution in [0.4, 0.5) is 5.13 Å². The van der Waals surface area contributed by atoms with E-state index in [9.17, 15) is 9.59 Å². The SMILES string of the molecule is COc1ccc(OC)c2sc(N3CCN(C(=O)c4ccc(C(C)=O)cc4)CC3)nc12. The smallest absolute Gasteiger partial charge is 0.253 e. The van der Waals surface area contributed by atoms with Crippen LogP contribution in [0, 0.1) is 0 Å². The molecule has 0 radical (unpaired) electrons. The molecule has 0 saturated carbocycles. The van der Waals surface area contributed by atoms with Crippen LogP contribution in [-0.2, 0) is 0 Å². The number of nitrogens with zero attached hydrogens (tertiary/aromatic N) is 3. The maximum atomic E-state index is 12.8. The van der Waals surface area contributed by atoms with Gasteiger partial charge in [0.15, 0.2) is 10.9 Å². The van der Waals surface area contributed by atoms with Gasteiger partial charge in [-0.15, -0.1) is 0 Å². The summed E-state index contributed by atoms with van der Waals surface area (Å²) in [4.78, 5) is 33.0. The minimum atomic E-state index is -0.0163. The summed E-state index contributed by atoms with van der Waals surface area (Å²) in [6.45, 7) is 4.13. The number of benzene rings is 2. The number of aromatic nitrogens is 1. The van der Waals surface area contributed by atoms with Gasteiger partial charge in [-0.25, -0.2) is 4.98 Å². The number of fused-ring (bicyclic) bond motifs is 1. The molecule has 0 bridgehead atoms. The van der Waals surface area contributed by atoms with Gasteiger partial charge in [-0.05, 0) is 31.2 Å². The molecule has 1 fully saturated rings. The highest BCUT2D eigenvalue weighted by atomic mass is 32.1. The molecule has 0 atom stereocenters. The fraction of sp³-hybridized carbons (Fsp3) is 0.318. The molecular weight excluding hydrogens is 402 g/mol. The molecule has 1 saturated heterocycles. The normalized spacial score (nSPS) is 14.1. The molecule has 0 spiro atoms. The Bertz CT molecular complexity index is 1040. The van der Waals surface area contributed by atoms with Crippen LogP contribution >= 0.6 is 11.3 Å². The molecule has 30 heavy (non-hydrogen) atoms. The highest BCUT2D eigenvalue weighted by molar-refractivity contribution is 7.22. The van der Waals surface area contributed by atoms with Crippen molar-refractivity contribution in [3.63, 3.8) is 0 Å². The average molecular weight is 426 g/mol. The molecule has 4 rings (SSSR count). The molecule has 2 heterocycles. The topological polar surface area (TPSA) is 72.0 Å². The van der Waals surface area contributed by atoms with Crippen LogP contribution in [0.5, 0.6) is 11.5 Å². The zero-order valence-electron chi connectivity index (χ0n) is 17.2. The van der Waals surface area contributed by atoms with E-state index in [-0.39, 0.29) is 11.7 Å². The van der Waals surface area contributed by atoms with E-state index in [1.807, 2.05) is 17.0 Å². The van der Waals surface area contributed by atoms with Crippen molar-refractivity contribution in [1.82, 2.24) is 9.88 Å². The van der Waals surface area contributed by atoms with E-state index in [0.717, 1.165) is 26.8 Å². The second-order valence-electron chi connectivity index (χ2n) is 7.06. The molecule has 1 aliphatic heterocycles. The van der Waals surface area contributed by atoms with Crippen LogP contribution < -0.4 is 14.4 Å². The second kappa shape index (κ2) is 8.31. The fourth-order valence-corrected chi connectivity index (χ4v) is 4.67. The Hall–Kier alpha value is -3.13. The minimum Gasteiger partial charge on any atom is -0.495 e. The van der Waals surface area contributed by atoms with Crippen molar-refractivity contribution in [3.05, 3.63) is 47.5 Å². The van der Waals surface area contributed by atoms with Crippen LogP contribution in [0.3, 0.4) is 0 Å². The number of carbonyl (C=O) groups is 2. The van der Waals surface area contributed by atoms with Gasteiger partial charge in [-0.1, -0.05) is 23.5 Å². The Balaban J connectivity index is 1.48. The van der Waals surface area contributed by atoms with Crippen molar-refractivity contribution in [2.45, 2.75) is 6.92 Å². The van der Waals surface area contributed by atoms with E-state index in [1.165, 1.54) is 6.92 Å². The molecule has 7 nitrogen and oxygen atoms in total. The van der Waals surface area contributed by atoms with Crippen LogP contribution in [0.15, 0.2) is 36.4 Å². The molecule has 0 N–H and O–H groups in total. The van der Waals surface area contributed by atoms with Gasteiger partial charge in [0, 0.05) is 37.3 Å². The zero-order chi connectivity index (χ0) is 21.3. The summed E-state index contributed by atoms with van der Waals surface area (Å²) in [5.74, 6) is 1.47. The molecule has 3 aromatic rings. The van der Waals surface area contributed by atoms with Gasteiger partial charge in [0.05, 0.1) is 14.2 Å². The summed E-state index contributed by atoms with van der Waals surface area (Å²) in [7, 11) is 3.28. The Labute approximate surface area is 178 Å². The number of ether oxygens (including phenoxy) is 2. The number of Topliss-reactive ketones (excluding diaryl/α,β-unsaturated/α-hetero) is 1. The molecule has 156 valence electrons. The number of ketones is 1. The molecule has 2 aromatic carbocycles. The van der Waals surface area contributed by atoms with Gasteiger partial charge in [0.25, 0.3) is 5.91 Å². The number of anilines is 1. The number of rotatable bonds is 5. The molecule has 1 amide bonds. The van der Waals surface area contributed by atoms with Crippen molar-refractivity contribution in [2.75, 3.05) is 45.3 Å². The Morgan fingerprint density at radius 2 is 1.50 bits per heavy atom. The molecule has 0 unspecified atom stereocenters. The summed E-state index contributed by atoms with van der Waals surface area (Å²) in [6.07, 6.45) is 0. The number of amides is 1. The van der Waals surface area contributed by atoms with Crippen molar-refractivity contribution < 1.29 is 19.1 Å². The number of methoxy groups -OCH3 is 2. The lowest BCUT2D eigenvalue weighted by molar-refractivity contribution is 0.0746. The third-order valence-electron chi connectivity index (χ3n) is 5.27. The molecule has 1 aromatic heterocycles. The van der Waals surface area contributed by atoms with E-state index < -0.39 is 0 Å². The van der Waals surface area contributed by atoms with Gasteiger partial charge in [-0.3, -0.25) is 9.59 Å². The third-order valence-corrected chi connectivity index (χ3v) is 6.41. The lowest BCUT2D eigenvalue weighted by Crippen LogP contribution is -2.48. The monoisotopic (exact) mass is 425 g/mol. The Morgan fingerprint density at radius 1 is 0.900 bits per heavy atom. The maximum absolute atomic E-state index is 12.8. The van der Waals surface area contributed by atoms with Crippen LogP contribution in [0.2, 0.25) is 0 Å².